The average Bonchev–Trinajstić information content (AvgIpc) is 3.01. The molecule has 45 heavy (non-hydrogen) atoms. The third-order valence-electron chi connectivity index (χ3n) is 8.91. The van der Waals surface area contributed by atoms with Crippen LogP contribution in [0.3, 0.4) is 0 Å². The number of hydrogen-bond donors (Lipinski definition) is 0. The molecule has 0 bridgehead atoms. The Balaban J connectivity index is 1.34. The van der Waals surface area contributed by atoms with Gasteiger partial charge in [-0.2, -0.15) is 13.2 Å². The Kier molecular flexibility index (Phi) is 9.90. The van der Waals surface area contributed by atoms with Crippen molar-refractivity contribution in [3.63, 3.8) is 0 Å². The van der Waals surface area contributed by atoms with Crippen molar-refractivity contribution >= 4 is 21.4 Å². The SMILES string of the molecule is COc1cc(N2CCC(N3CCN(C)CC3)CC2)ccc1Cc1ncc(C(F)(F)F)c(Cc2ccccc2N(C)S(C)(=O)=O)n1. The first-order chi connectivity index (χ1) is 21.3. The highest BCUT2D eigenvalue weighted by molar-refractivity contribution is 7.92. The number of rotatable bonds is 9. The Labute approximate surface area is 263 Å². The minimum Gasteiger partial charge on any atom is -0.496 e. The van der Waals surface area contributed by atoms with Crippen LogP contribution in [0.5, 0.6) is 5.75 Å². The molecule has 2 saturated heterocycles. The minimum atomic E-state index is -4.68. The smallest absolute Gasteiger partial charge is 0.419 e. The van der Waals surface area contributed by atoms with Gasteiger partial charge in [-0.05, 0) is 37.6 Å². The van der Waals surface area contributed by atoms with E-state index in [9.17, 15) is 21.6 Å². The first-order valence-electron chi connectivity index (χ1n) is 15.1. The lowest BCUT2D eigenvalue weighted by atomic mass is 10.0. The van der Waals surface area contributed by atoms with Gasteiger partial charge in [0.1, 0.15) is 11.6 Å². The maximum Gasteiger partial charge on any atom is 0.419 e. The molecule has 0 N–H and O–H groups in total. The Morgan fingerprint density at radius 2 is 1.67 bits per heavy atom. The second-order valence-corrected chi connectivity index (χ2v) is 13.9. The standard InChI is InChI=1S/C32H41F3N6O3S/c1-38-15-17-41(18-16-38)25-11-13-40(14-12-25)26-10-9-24(30(21-26)44-3)20-31-36-22-27(32(33,34)35)28(37-31)19-23-7-5-6-8-29(23)39(2)45(4,42)43/h5-10,21-22,25H,11-20H2,1-4H3. The van der Waals surface area contributed by atoms with Gasteiger partial charge in [0.2, 0.25) is 10.0 Å². The normalized spacial score (nSPS) is 17.4. The summed E-state index contributed by atoms with van der Waals surface area (Å²) >= 11 is 0. The van der Waals surface area contributed by atoms with E-state index in [-0.39, 0.29) is 30.0 Å². The van der Waals surface area contributed by atoms with E-state index >= 15 is 0 Å². The molecule has 0 unspecified atom stereocenters. The van der Waals surface area contributed by atoms with Gasteiger partial charge >= 0.3 is 6.18 Å². The van der Waals surface area contributed by atoms with Gasteiger partial charge in [-0.3, -0.25) is 9.21 Å². The average molecular weight is 647 g/mol. The predicted octanol–water partition coefficient (Wildman–Crippen LogP) is 4.30. The molecule has 0 spiro atoms. The van der Waals surface area contributed by atoms with Gasteiger partial charge in [-0.15, -0.1) is 0 Å². The summed E-state index contributed by atoms with van der Waals surface area (Å²) in [4.78, 5) is 15.8. The number of benzene rings is 2. The number of sulfonamides is 1. The van der Waals surface area contributed by atoms with E-state index in [1.165, 1.54) is 7.05 Å². The summed E-state index contributed by atoms with van der Waals surface area (Å²) in [5.74, 6) is 0.838. The number of halogens is 3. The molecule has 1 aromatic heterocycles. The monoisotopic (exact) mass is 646 g/mol. The molecule has 3 heterocycles. The first kappa shape index (κ1) is 33.0. The Bertz CT molecular complexity index is 1590. The van der Waals surface area contributed by atoms with Crippen molar-refractivity contribution in [3.8, 4) is 5.75 Å². The van der Waals surface area contributed by atoms with E-state index in [2.05, 4.69) is 31.7 Å². The fourth-order valence-electron chi connectivity index (χ4n) is 6.16. The molecule has 2 aliphatic rings. The second kappa shape index (κ2) is 13.5. The molecule has 9 nitrogen and oxygen atoms in total. The highest BCUT2D eigenvalue weighted by atomic mass is 32.2. The molecule has 0 amide bonds. The maximum atomic E-state index is 14.0. The number of para-hydroxylation sites is 1. The third kappa shape index (κ3) is 7.87. The van der Waals surface area contributed by atoms with E-state index in [0.29, 0.717) is 17.4 Å². The summed E-state index contributed by atoms with van der Waals surface area (Å²) in [6, 6.07) is 13.0. The van der Waals surface area contributed by atoms with Crippen molar-refractivity contribution in [2.24, 2.45) is 0 Å². The van der Waals surface area contributed by atoms with Crippen molar-refractivity contribution < 1.29 is 26.3 Å². The highest BCUT2D eigenvalue weighted by Crippen LogP contribution is 2.34. The number of ether oxygens (including phenoxy) is 1. The number of piperidine rings is 1. The fourth-order valence-corrected chi connectivity index (χ4v) is 6.70. The molecule has 0 atom stereocenters. The van der Waals surface area contributed by atoms with Crippen LogP contribution in [0.1, 0.15) is 41.1 Å². The predicted molar refractivity (Wildman–Crippen MR) is 170 cm³/mol. The van der Waals surface area contributed by atoms with Gasteiger partial charge in [0, 0.05) is 88.7 Å². The lowest BCUT2D eigenvalue weighted by molar-refractivity contribution is -0.138. The van der Waals surface area contributed by atoms with E-state index in [1.54, 1.807) is 31.4 Å². The minimum absolute atomic E-state index is 0.172. The van der Waals surface area contributed by atoms with Gasteiger partial charge in [0.15, 0.2) is 0 Å². The number of alkyl halides is 3. The summed E-state index contributed by atoms with van der Waals surface area (Å²) in [6.07, 6.45) is -0.679. The second-order valence-electron chi connectivity index (χ2n) is 11.9. The quantitative estimate of drug-likeness (QED) is 0.341. The van der Waals surface area contributed by atoms with E-state index in [4.69, 9.17) is 4.74 Å². The van der Waals surface area contributed by atoms with Gasteiger partial charge in [0.25, 0.3) is 0 Å². The maximum absolute atomic E-state index is 14.0. The zero-order valence-corrected chi connectivity index (χ0v) is 27.0. The molecule has 2 fully saturated rings. The molecular formula is C32H41F3N6O3S. The summed E-state index contributed by atoms with van der Waals surface area (Å²) < 4.78 is 73.2. The first-order valence-corrected chi connectivity index (χ1v) is 17.0. The summed E-state index contributed by atoms with van der Waals surface area (Å²) in [6.45, 7) is 6.33. The number of anilines is 2. The highest BCUT2D eigenvalue weighted by Gasteiger charge is 2.35. The zero-order chi connectivity index (χ0) is 32.4. The van der Waals surface area contributed by atoms with Crippen LogP contribution < -0.4 is 13.9 Å². The van der Waals surface area contributed by atoms with Crippen molar-refractivity contribution in [2.75, 3.05) is 75.9 Å². The van der Waals surface area contributed by atoms with E-state index in [1.807, 2.05) is 18.2 Å². The lowest BCUT2D eigenvalue weighted by Crippen LogP contribution is -2.52. The molecule has 244 valence electrons. The van der Waals surface area contributed by atoms with Crippen LogP contribution in [-0.4, -0.2) is 101 Å². The molecule has 0 radical (unpaired) electrons. The summed E-state index contributed by atoms with van der Waals surface area (Å²) in [7, 11) is 1.49. The van der Waals surface area contributed by atoms with Crippen molar-refractivity contribution in [1.82, 2.24) is 19.8 Å². The number of nitrogens with zero attached hydrogens (tertiary/aromatic N) is 6. The molecule has 2 aromatic carbocycles. The number of methoxy groups -OCH3 is 1. The summed E-state index contributed by atoms with van der Waals surface area (Å²) in [5, 5.41) is 0. The van der Waals surface area contributed by atoms with Gasteiger partial charge in [0.05, 0.1) is 30.3 Å². The number of piperazine rings is 1. The van der Waals surface area contributed by atoms with Crippen LogP contribution in [0, 0.1) is 0 Å². The fraction of sp³-hybridized carbons (Fsp3) is 0.500. The van der Waals surface area contributed by atoms with E-state index < -0.39 is 21.8 Å². The van der Waals surface area contributed by atoms with Crippen LogP contribution >= 0.6 is 0 Å². The van der Waals surface area contributed by atoms with E-state index in [0.717, 1.165) is 80.1 Å². The zero-order valence-electron chi connectivity index (χ0n) is 26.2. The van der Waals surface area contributed by atoms with Crippen molar-refractivity contribution in [3.05, 3.63) is 76.9 Å². The number of hydrogen-bond acceptors (Lipinski definition) is 8. The number of aromatic nitrogens is 2. The van der Waals surface area contributed by atoms with Crippen molar-refractivity contribution in [1.29, 1.82) is 0 Å². The molecular weight excluding hydrogens is 605 g/mol. The van der Waals surface area contributed by atoms with Crippen LogP contribution in [0.25, 0.3) is 0 Å². The molecule has 0 saturated carbocycles. The van der Waals surface area contributed by atoms with Gasteiger partial charge in [-0.1, -0.05) is 24.3 Å². The Morgan fingerprint density at radius 3 is 2.31 bits per heavy atom. The topological polar surface area (TPSA) is 82.1 Å². The Morgan fingerprint density at radius 1 is 0.978 bits per heavy atom. The summed E-state index contributed by atoms with van der Waals surface area (Å²) in [5.41, 5.74) is 1.33. The largest absolute Gasteiger partial charge is 0.496 e. The molecule has 0 aliphatic carbocycles. The van der Waals surface area contributed by atoms with Crippen molar-refractivity contribution in [2.45, 2.75) is 37.9 Å². The van der Waals surface area contributed by atoms with Crippen LogP contribution in [0.2, 0.25) is 0 Å². The van der Waals surface area contributed by atoms with Crippen LogP contribution in [0.15, 0.2) is 48.7 Å². The van der Waals surface area contributed by atoms with Crippen LogP contribution in [-0.2, 0) is 29.0 Å². The lowest BCUT2D eigenvalue weighted by Gasteiger charge is -2.42. The Hall–Kier alpha value is -3.42. The van der Waals surface area contributed by atoms with Gasteiger partial charge in [-0.25, -0.2) is 18.4 Å². The van der Waals surface area contributed by atoms with Crippen LogP contribution in [0.4, 0.5) is 24.5 Å². The third-order valence-corrected chi connectivity index (χ3v) is 10.1. The number of likely N-dealkylation sites (N-methyl/N-ethyl adjacent to an activating group) is 1. The molecule has 13 heteroatoms. The van der Waals surface area contributed by atoms with Gasteiger partial charge < -0.3 is 14.5 Å². The molecule has 5 rings (SSSR count). The molecule has 3 aromatic rings. The molecule has 2 aliphatic heterocycles.